The Balaban J connectivity index is 1.66. The lowest BCUT2D eigenvalue weighted by Gasteiger charge is -2.26. The number of amides is 1. The van der Waals surface area contributed by atoms with Crippen LogP contribution in [-0.2, 0) is 0 Å². The maximum Gasteiger partial charge on any atom is 0.271 e. The van der Waals surface area contributed by atoms with E-state index in [2.05, 4.69) is 22.4 Å². The monoisotopic (exact) mass is 309 g/mol. The van der Waals surface area contributed by atoms with Crippen molar-refractivity contribution < 1.29 is 4.79 Å². The zero-order chi connectivity index (χ0) is 16.1. The standard InChI is InChI=1S/C19H23N3O/c1-2-12-22-13-10-16(11-14-22)20-21-19(23)18-9-5-7-15-6-3-4-8-17(15)18/h3-9H,2,10-14H2,1H3,(H,21,23). The molecule has 1 aliphatic rings. The summed E-state index contributed by atoms with van der Waals surface area (Å²) in [5.74, 6) is -0.134. The first kappa shape index (κ1) is 15.7. The molecule has 3 rings (SSSR count). The molecule has 0 saturated carbocycles. The van der Waals surface area contributed by atoms with Crippen LogP contribution in [0.4, 0.5) is 0 Å². The van der Waals surface area contributed by atoms with Crippen LogP contribution < -0.4 is 5.43 Å². The lowest BCUT2D eigenvalue weighted by atomic mass is 10.0. The molecular formula is C19H23N3O. The van der Waals surface area contributed by atoms with Gasteiger partial charge in [0.1, 0.15) is 0 Å². The van der Waals surface area contributed by atoms with Gasteiger partial charge in [0.25, 0.3) is 5.91 Å². The fraction of sp³-hybridized carbons (Fsp3) is 0.368. The molecule has 2 aromatic rings. The molecular weight excluding hydrogens is 286 g/mol. The van der Waals surface area contributed by atoms with Gasteiger partial charge < -0.3 is 4.90 Å². The molecule has 0 atom stereocenters. The molecule has 0 radical (unpaired) electrons. The number of fused-ring (bicyclic) bond motifs is 1. The Kier molecular flexibility index (Phi) is 5.03. The van der Waals surface area contributed by atoms with Crippen molar-refractivity contribution in [3.8, 4) is 0 Å². The van der Waals surface area contributed by atoms with E-state index >= 15 is 0 Å². The quantitative estimate of drug-likeness (QED) is 0.879. The third-order valence-corrected chi connectivity index (χ3v) is 4.32. The van der Waals surface area contributed by atoms with E-state index in [1.54, 1.807) is 0 Å². The van der Waals surface area contributed by atoms with E-state index in [9.17, 15) is 4.79 Å². The first-order valence-electron chi connectivity index (χ1n) is 8.34. The van der Waals surface area contributed by atoms with Gasteiger partial charge in [-0.1, -0.05) is 43.3 Å². The summed E-state index contributed by atoms with van der Waals surface area (Å²) in [7, 11) is 0. The van der Waals surface area contributed by atoms with Crippen molar-refractivity contribution in [3.05, 3.63) is 48.0 Å². The highest BCUT2D eigenvalue weighted by Crippen LogP contribution is 2.18. The van der Waals surface area contributed by atoms with E-state index in [1.165, 1.54) is 6.42 Å². The van der Waals surface area contributed by atoms with Crippen molar-refractivity contribution in [3.63, 3.8) is 0 Å². The Hall–Kier alpha value is -2.20. The fourth-order valence-corrected chi connectivity index (χ4v) is 3.08. The highest BCUT2D eigenvalue weighted by atomic mass is 16.2. The number of hydrogen-bond donors (Lipinski definition) is 1. The second-order valence-electron chi connectivity index (χ2n) is 5.99. The highest BCUT2D eigenvalue weighted by molar-refractivity contribution is 6.07. The van der Waals surface area contributed by atoms with Gasteiger partial charge in [0.2, 0.25) is 0 Å². The molecule has 0 bridgehead atoms. The normalized spacial score (nSPS) is 15.6. The number of benzene rings is 2. The molecule has 120 valence electrons. The molecule has 0 unspecified atom stereocenters. The second kappa shape index (κ2) is 7.38. The van der Waals surface area contributed by atoms with Crippen molar-refractivity contribution in [1.82, 2.24) is 10.3 Å². The van der Waals surface area contributed by atoms with E-state index in [4.69, 9.17) is 0 Å². The number of nitrogens with one attached hydrogen (secondary N) is 1. The Morgan fingerprint density at radius 2 is 1.87 bits per heavy atom. The van der Waals surface area contributed by atoms with Gasteiger partial charge in [-0.25, -0.2) is 5.43 Å². The van der Waals surface area contributed by atoms with Crippen molar-refractivity contribution in [1.29, 1.82) is 0 Å². The number of nitrogens with zero attached hydrogens (tertiary/aromatic N) is 2. The number of carbonyl (C=O) groups is 1. The highest BCUT2D eigenvalue weighted by Gasteiger charge is 2.15. The molecule has 4 nitrogen and oxygen atoms in total. The maximum atomic E-state index is 12.4. The number of carbonyl (C=O) groups excluding carboxylic acids is 1. The molecule has 1 N–H and O–H groups in total. The van der Waals surface area contributed by atoms with Crippen LogP contribution in [-0.4, -0.2) is 36.2 Å². The predicted octanol–water partition coefficient (Wildman–Crippen LogP) is 3.43. The zero-order valence-electron chi connectivity index (χ0n) is 13.6. The Morgan fingerprint density at radius 1 is 1.13 bits per heavy atom. The molecule has 23 heavy (non-hydrogen) atoms. The zero-order valence-corrected chi connectivity index (χ0v) is 13.6. The maximum absolute atomic E-state index is 12.4. The van der Waals surface area contributed by atoms with Gasteiger partial charge in [0, 0.05) is 37.2 Å². The van der Waals surface area contributed by atoms with Crippen LogP contribution in [0.15, 0.2) is 47.6 Å². The van der Waals surface area contributed by atoms with E-state index in [0.717, 1.165) is 49.0 Å². The van der Waals surface area contributed by atoms with Crippen LogP contribution in [0.5, 0.6) is 0 Å². The predicted molar refractivity (Wildman–Crippen MR) is 94.8 cm³/mol. The van der Waals surface area contributed by atoms with Crippen molar-refractivity contribution >= 4 is 22.4 Å². The average molecular weight is 309 g/mol. The topological polar surface area (TPSA) is 44.7 Å². The molecule has 4 heteroatoms. The van der Waals surface area contributed by atoms with Crippen molar-refractivity contribution in [2.24, 2.45) is 5.10 Å². The number of hydrazone groups is 1. The van der Waals surface area contributed by atoms with Crippen LogP contribution >= 0.6 is 0 Å². The number of hydrogen-bond acceptors (Lipinski definition) is 3. The third kappa shape index (κ3) is 3.77. The van der Waals surface area contributed by atoms with Gasteiger partial charge in [0.15, 0.2) is 0 Å². The minimum atomic E-state index is -0.134. The fourth-order valence-electron chi connectivity index (χ4n) is 3.08. The molecule has 2 aromatic carbocycles. The summed E-state index contributed by atoms with van der Waals surface area (Å²) < 4.78 is 0. The van der Waals surface area contributed by atoms with E-state index in [1.807, 2.05) is 42.5 Å². The number of rotatable bonds is 4. The van der Waals surface area contributed by atoms with E-state index in [0.29, 0.717) is 5.56 Å². The SMILES string of the molecule is CCCN1CCC(=NNC(=O)c2cccc3ccccc23)CC1. The molecule has 0 aromatic heterocycles. The molecule has 0 spiro atoms. The van der Waals surface area contributed by atoms with E-state index < -0.39 is 0 Å². The van der Waals surface area contributed by atoms with Gasteiger partial charge in [-0.15, -0.1) is 0 Å². The third-order valence-electron chi connectivity index (χ3n) is 4.32. The molecule has 0 aliphatic carbocycles. The second-order valence-corrected chi connectivity index (χ2v) is 5.99. The summed E-state index contributed by atoms with van der Waals surface area (Å²) in [6.45, 7) is 5.43. The summed E-state index contributed by atoms with van der Waals surface area (Å²) in [6, 6.07) is 13.7. The summed E-state index contributed by atoms with van der Waals surface area (Å²) >= 11 is 0. The average Bonchev–Trinajstić information content (AvgIpc) is 2.60. The van der Waals surface area contributed by atoms with E-state index in [-0.39, 0.29) is 5.91 Å². The largest absolute Gasteiger partial charge is 0.303 e. The minimum absolute atomic E-state index is 0.134. The van der Waals surface area contributed by atoms with Gasteiger partial charge in [0.05, 0.1) is 0 Å². The van der Waals surface area contributed by atoms with Gasteiger partial charge in [-0.3, -0.25) is 4.79 Å². The molecule has 1 amide bonds. The Morgan fingerprint density at radius 3 is 2.65 bits per heavy atom. The molecule has 1 aliphatic heterocycles. The van der Waals surface area contributed by atoms with Crippen LogP contribution in [0.3, 0.4) is 0 Å². The number of piperidine rings is 1. The van der Waals surface area contributed by atoms with Crippen molar-refractivity contribution in [2.75, 3.05) is 19.6 Å². The lowest BCUT2D eigenvalue weighted by molar-refractivity contribution is 0.0956. The first-order chi connectivity index (χ1) is 11.3. The van der Waals surface area contributed by atoms with Gasteiger partial charge in [-0.05, 0) is 29.8 Å². The van der Waals surface area contributed by atoms with Crippen LogP contribution in [0.1, 0.15) is 36.5 Å². The van der Waals surface area contributed by atoms with Gasteiger partial charge >= 0.3 is 0 Å². The van der Waals surface area contributed by atoms with Crippen LogP contribution in [0.2, 0.25) is 0 Å². The Bertz CT molecular complexity index is 708. The molecule has 1 heterocycles. The van der Waals surface area contributed by atoms with Gasteiger partial charge in [-0.2, -0.15) is 5.10 Å². The first-order valence-corrected chi connectivity index (χ1v) is 8.34. The molecule has 1 saturated heterocycles. The minimum Gasteiger partial charge on any atom is -0.303 e. The summed E-state index contributed by atoms with van der Waals surface area (Å²) in [5, 5.41) is 6.38. The van der Waals surface area contributed by atoms with Crippen LogP contribution in [0, 0.1) is 0 Å². The summed E-state index contributed by atoms with van der Waals surface area (Å²) in [5.41, 5.74) is 4.50. The van der Waals surface area contributed by atoms with Crippen molar-refractivity contribution in [2.45, 2.75) is 26.2 Å². The van der Waals surface area contributed by atoms with Crippen LogP contribution in [0.25, 0.3) is 10.8 Å². The number of likely N-dealkylation sites (tertiary alicyclic amines) is 1. The summed E-state index contributed by atoms with van der Waals surface area (Å²) in [4.78, 5) is 14.9. The summed E-state index contributed by atoms with van der Waals surface area (Å²) in [6.07, 6.45) is 3.07. The molecule has 1 fully saturated rings. The lowest BCUT2D eigenvalue weighted by Crippen LogP contribution is -2.35. The Labute approximate surface area is 137 Å². The smallest absolute Gasteiger partial charge is 0.271 e.